The van der Waals surface area contributed by atoms with Crippen LogP contribution in [0, 0.1) is 0 Å². The predicted molar refractivity (Wildman–Crippen MR) is 90.1 cm³/mol. The molecular weight excluding hydrogens is 288 g/mol. The number of nitrogens with one attached hydrogen (secondary N) is 1. The first-order chi connectivity index (χ1) is 11.3. The summed E-state index contributed by atoms with van der Waals surface area (Å²) in [5.74, 6) is 0.841. The van der Waals surface area contributed by atoms with Crippen LogP contribution in [0.1, 0.15) is 25.7 Å². The zero-order valence-corrected chi connectivity index (χ0v) is 12.9. The normalized spacial score (nSPS) is 21.4. The zero-order valence-electron chi connectivity index (χ0n) is 12.9. The first-order valence-electron chi connectivity index (χ1n) is 8.08. The summed E-state index contributed by atoms with van der Waals surface area (Å²) >= 11 is 0. The van der Waals surface area contributed by atoms with E-state index in [0.717, 1.165) is 35.6 Å². The first-order valence-corrected chi connectivity index (χ1v) is 8.08. The Morgan fingerprint density at radius 2 is 1.91 bits per heavy atom. The van der Waals surface area contributed by atoms with Crippen LogP contribution in [0.25, 0.3) is 16.9 Å². The van der Waals surface area contributed by atoms with Crippen molar-refractivity contribution in [1.29, 1.82) is 0 Å². The smallest absolute Gasteiger partial charge is 0.154 e. The fourth-order valence-corrected chi connectivity index (χ4v) is 3.20. The van der Waals surface area contributed by atoms with E-state index < -0.39 is 0 Å². The van der Waals surface area contributed by atoms with Crippen LogP contribution in [0.4, 0.5) is 5.82 Å². The summed E-state index contributed by atoms with van der Waals surface area (Å²) in [6.45, 7) is 0. The number of fused-ring (bicyclic) bond motifs is 1. The van der Waals surface area contributed by atoms with E-state index in [1.165, 1.54) is 12.8 Å². The third kappa shape index (κ3) is 2.77. The number of hydrogen-bond donors (Lipinski definition) is 2. The highest BCUT2D eigenvalue weighted by atomic mass is 15.3. The third-order valence-electron chi connectivity index (χ3n) is 4.49. The van der Waals surface area contributed by atoms with Crippen LogP contribution in [0.3, 0.4) is 0 Å². The van der Waals surface area contributed by atoms with E-state index in [4.69, 9.17) is 10.8 Å². The standard InChI is InChI=1S/C17H20N6/c18-13-3-1-2-4-14(13)21-16-5-6-17-20-11-15(23(17)22-16)12-7-9-19-10-8-12/h5-11,13-14H,1-4,18H2,(H,21,22). The van der Waals surface area contributed by atoms with Gasteiger partial charge in [0.2, 0.25) is 0 Å². The van der Waals surface area contributed by atoms with Crippen LogP contribution < -0.4 is 11.1 Å². The van der Waals surface area contributed by atoms with Crippen molar-refractivity contribution in [2.75, 3.05) is 5.32 Å². The Morgan fingerprint density at radius 1 is 1.09 bits per heavy atom. The number of rotatable bonds is 3. The minimum atomic E-state index is 0.198. The van der Waals surface area contributed by atoms with Gasteiger partial charge in [-0.15, -0.1) is 5.10 Å². The summed E-state index contributed by atoms with van der Waals surface area (Å²) in [6, 6.07) is 8.36. The fourth-order valence-electron chi connectivity index (χ4n) is 3.20. The molecule has 1 aliphatic rings. The van der Waals surface area contributed by atoms with Crippen molar-refractivity contribution in [1.82, 2.24) is 19.6 Å². The fraction of sp³-hybridized carbons (Fsp3) is 0.353. The molecule has 2 atom stereocenters. The zero-order chi connectivity index (χ0) is 15.6. The quantitative estimate of drug-likeness (QED) is 0.777. The Hall–Kier alpha value is -2.47. The highest BCUT2D eigenvalue weighted by molar-refractivity contribution is 5.63. The van der Waals surface area contributed by atoms with Crippen molar-refractivity contribution in [3.63, 3.8) is 0 Å². The average Bonchev–Trinajstić information content (AvgIpc) is 3.01. The summed E-state index contributed by atoms with van der Waals surface area (Å²) in [5.41, 5.74) is 9.06. The van der Waals surface area contributed by atoms with E-state index in [2.05, 4.69) is 15.3 Å². The van der Waals surface area contributed by atoms with Gasteiger partial charge < -0.3 is 11.1 Å². The van der Waals surface area contributed by atoms with Gasteiger partial charge in [0, 0.05) is 30.0 Å². The third-order valence-corrected chi connectivity index (χ3v) is 4.49. The van der Waals surface area contributed by atoms with Crippen molar-refractivity contribution >= 4 is 11.5 Å². The van der Waals surface area contributed by atoms with E-state index in [-0.39, 0.29) is 6.04 Å². The second-order valence-corrected chi connectivity index (χ2v) is 6.07. The number of nitrogens with two attached hydrogens (primary N) is 1. The summed E-state index contributed by atoms with van der Waals surface area (Å²) in [5, 5.41) is 8.20. The maximum atomic E-state index is 6.22. The molecular formula is C17H20N6. The van der Waals surface area contributed by atoms with Crippen LogP contribution in [-0.2, 0) is 0 Å². The highest BCUT2D eigenvalue weighted by Gasteiger charge is 2.22. The average molecular weight is 308 g/mol. The maximum absolute atomic E-state index is 6.22. The van der Waals surface area contributed by atoms with Crippen LogP contribution >= 0.6 is 0 Å². The molecule has 118 valence electrons. The highest BCUT2D eigenvalue weighted by Crippen LogP contribution is 2.22. The van der Waals surface area contributed by atoms with Gasteiger partial charge in [-0.1, -0.05) is 12.8 Å². The van der Waals surface area contributed by atoms with Gasteiger partial charge in [0.25, 0.3) is 0 Å². The van der Waals surface area contributed by atoms with Gasteiger partial charge in [-0.25, -0.2) is 9.50 Å². The molecule has 0 spiro atoms. The summed E-state index contributed by atoms with van der Waals surface area (Å²) < 4.78 is 1.87. The Labute approximate surface area is 134 Å². The van der Waals surface area contributed by atoms with Crippen molar-refractivity contribution in [3.8, 4) is 11.3 Å². The lowest BCUT2D eigenvalue weighted by atomic mass is 9.91. The predicted octanol–water partition coefficient (Wildman–Crippen LogP) is 2.47. The molecule has 3 heterocycles. The number of pyridine rings is 1. The van der Waals surface area contributed by atoms with Crippen LogP contribution in [0.2, 0.25) is 0 Å². The number of anilines is 1. The molecule has 1 aliphatic carbocycles. The van der Waals surface area contributed by atoms with Gasteiger partial charge in [0.1, 0.15) is 5.82 Å². The molecule has 0 aliphatic heterocycles. The number of hydrogen-bond acceptors (Lipinski definition) is 5. The van der Waals surface area contributed by atoms with Crippen LogP contribution in [0.5, 0.6) is 0 Å². The minimum absolute atomic E-state index is 0.198. The van der Waals surface area contributed by atoms with Crippen molar-refractivity contribution in [2.24, 2.45) is 5.73 Å². The van der Waals surface area contributed by atoms with Crippen LogP contribution in [-0.4, -0.2) is 31.7 Å². The molecule has 3 aromatic heterocycles. The summed E-state index contributed by atoms with van der Waals surface area (Å²) in [6.07, 6.45) is 10.0. The number of imidazole rings is 1. The Kier molecular flexibility index (Phi) is 3.67. The van der Waals surface area contributed by atoms with Gasteiger partial charge in [-0.05, 0) is 37.1 Å². The lowest BCUT2D eigenvalue weighted by Crippen LogP contribution is -2.42. The molecule has 3 N–H and O–H groups in total. The van der Waals surface area contributed by atoms with E-state index >= 15 is 0 Å². The SMILES string of the molecule is NC1CCCCC1Nc1ccc2ncc(-c3ccncc3)n2n1. The van der Waals surface area contributed by atoms with Crippen LogP contribution in [0.15, 0.2) is 42.9 Å². The van der Waals surface area contributed by atoms with Crippen molar-refractivity contribution in [3.05, 3.63) is 42.9 Å². The largest absolute Gasteiger partial charge is 0.364 e. The minimum Gasteiger partial charge on any atom is -0.364 e. The molecule has 0 radical (unpaired) electrons. The maximum Gasteiger partial charge on any atom is 0.154 e. The number of aromatic nitrogens is 4. The molecule has 3 aromatic rings. The number of nitrogens with zero attached hydrogens (tertiary/aromatic N) is 4. The summed E-state index contributed by atoms with van der Waals surface area (Å²) in [4.78, 5) is 8.49. The van der Waals surface area contributed by atoms with E-state index in [1.807, 2.05) is 35.0 Å². The molecule has 0 aromatic carbocycles. The molecule has 2 unspecified atom stereocenters. The van der Waals surface area contributed by atoms with Gasteiger partial charge in [0.15, 0.2) is 5.65 Å². The molecule has 1 fully saturated rings. The summed E-state index contributed by atoms with van der Waals surface area (Å²) in [7, 11) is 0. The molecule has 0 bridgehead atoms. The molecule has 23 heavy (non-hydrogen) atoms. The topological polar surface area (TPSA) is 81.1 Å². The molecule has 6 heteroatoms. The van der Waals surface area contributed by atoms with Crippen molar-refractivity contribution in [2.45, 2.75) is 37.8 Å². The first kappa shape index (κ1) is 14.1. The monoisotopic (exact) mass is 308 g/mol. The van der Waals surface area contributed by atoms with Crippen molar-refractivity contribution < 1.29 is 0 Å². The lowest BCUT2D eigenvalue weighted by Gasteiger charge is -2.29. The molecule has 6 nitrogen and oxygen atoms in total. The molecule has 4 rings (SSSR count). The molecule has 1 saturated carbocycles. The van der Waals surface area contributed by atoms with Gasteiger partial charge in [-0.2, -0.15) is 0 Å². The Balaban J connectivity index is 1.67. The van der Waals surface area contributed by atoms with Gasteiger partial charge >= 0.3 is 0 Å². The Bertz CT molecular complexity index is 797. The molecule has 0 saturated heterocycles. The van der Waals surface area contributed by atoms with Gasteiger partial charge in [0.05, 0.1) is 11.9 Å². The molecule has 0 amide bonds. The lowest BCUT2D eigenvalue weighted by molar-refractivity contribution is 0.403. The van der Waals surface area contributed by atoms with E-state index in [0.29, 0.717) is 6.04 Å². The second kappa shape index (κ2) is 5.96. The van der Waals surface area contributed by atoms with E-state index in [1.54, 1.807) is 12.4 Å². The second-order valence-electron chi connectivity index (χ2n) is 6.07. The Morgan fingerprint density at radius 3 is 2.74 bits per heavy atom. The van der Waals surface area contributed by atoms with E-state index in [9.17, 15) is 0 Å². The van der Waals surface area contributed by atoms with Gasteiger partial charge in [-0.3, -0.25) is 4.98 Å².